The van der Waals surface area contributed by atoms with Gasteiger partial charge in [-0.25, -0.2) is 9.07 Å². The lowest BCUT2D eigenvalue weighted by atomic mass is 9.69. The molecule has 2 aliphatic rings. The summed E-state index contributed by atoms with van der Waals surface area (Å²) in [5.41, 5.74) is 4.98. The maximum absolute atomic E-state index is 13.7. The maximum atomic E-state index is 13.7. The van der Waals surface area contributed by atoms with E-state index in [2.05, 4.69) is 18.1 Å². The van der Waals surface area contributed by atoms with E-state index in [9.17, 15) is 14.3 Å². The van der Waals surface area contributed by atoms with Crippen LogP contribution >= 0.6 is 0 Å². The number of rotatable bonds is 6. The number of aliphatic hydroxyl groups excluding tert-OH is 1. The molecule has 1 aromatic heterocycles. The average molecular weight is 446 g/mol. The highest BCUT2D eigenvalue weighted by Crippen LogP contribution is 2.53. The number of aliphatic hydroxyl groups is 1. The Kier molecular flexibility index (Phi) is 5.62. The molecule has 3 aromatic rings. The third kappa shape index (κ3) is 3.89. The molecule has 0 saturated heterocycles. The Hall–Kier alpha value is -3.25. The summed E-state index contributed by atoms with van der Waals surface area (Å²) in [7, 11) is 0. The number of fused-ring (bicyclic) bond motifs is 2. The number of benzene rings is 2. The van der Waals surface area contributed by atoms with Gasteiger partial charge in [-0.15, -0.1) is 0 Å². The number of aromatic nitrogens is 2. The average Bonchev–Trinajstić information content (AvgIpc) is 3.37. The van der Waals surface area contributed by atoms with E-state index in [-0.39, 0.29) is 29.7 Å². The van der Waals surface area contributed by atoms with Crippen LogP contribution in [0.5, 0.6) is 0 Å². The third-order valence-electron chi connectivity index (χ3n) is 7.23. The molecule has 0 bridgehead atoms. The fraction of sp³-hybridized carbons (Fsp3) is 0.333. The van der Waals surface area contributed by atoms with Crippen LogP contribution in [0.2, 0.25) is 0 Å². The molecule has 33 heavy (non-hydrogen) atoms. The molecule has 6 heteroatoms. The first-order chi connectivity index (χ1) is 16.0. The second kappa shape index (κ2) is 8.60. The van der Waals surface area contributed by atoms with Crippen LogP contribution in [0.4, 0.5) is 4.39 Å². The number of carbonyl (C=O) groups is 1. The zero-order chi connectivity index (χ0) is 23.0. The summed E-state index contributed by atoms with van der Waals surface area (Å²) in [6.45, 7) is 2.96. The van der Waals surface area contributed by atoms with Crippen LogP contribution in [0.25, 0.3) is 11.8 Å². The normalized spacial score (nSPS) is 21.3. The van der Waals surface area contributed by atoms with Gasteiger partial charge < -0.3 is 10.0 Å². The Morgan fingerprint density at radius 2 is 1.97 bits per heavy atom. The first kappa shape index (κ1) is 21.6. The lowest BCUT2D eigenvalue weighted by Crippen LogP contribution is -2.43. The van der Waals surface area contributed by atoms with Crippen molar-refractivity contribution in [2.75, 3.05) is 13.2 Å². The highest BCUT2D eigenvalue weighted by atomic mass is 19.1. The molecule has 1 amide bonds. The quantitative estimate of drug-likeness (QED) is 0.612. The minimum absolute atomic E-state index is 0.0563. The van der Waals surface area contributed by atoms with Crippen molar-refractivity contribution in [3.8, 4) is 5.69 Å². The molecule has 2 aromatic carbocycles. The van der Waals surface area contributed by atoms with Crippen LogP contribution in [0.1, 0.15) is 36.6 Å². The van der Waals surface area contributed by atoms with E-state index in [1.54, 1.807) is 17.0 Å². The van der Waals surface area contributed by atoms with E-state index in [4.69, 9.17) is 0 Å². The number of hydrogen-bond donors (Lipinski definition) is 1. The molecule has 1 N–H and O–H groups in total. The van der Waals surface area contributed by atoms with Crippen LogP contribution in [-0.4, -0.2) is 38.8 Å². The van der Waals surface area contributed by atoms with Crippen molar-refractivity contribution in [3.63, 3.8) is 0 Å². The first-order valence-electron chi connectivity index (χ1n) is 11.5. The molecule has 170 valence electrons. The Morgan fingerprint density at radius 1 is 1.21 bits per heavy atom. The van der Waals surface area contributed by atoms with Crippen molar-refractivity contribution in [3.05, 3.63) is 89.0 Å². The SMILES string of the molecule is C[C@]12Cc3cnn(-c4ccc(F)cc4)c3C=C1CC[C@@H]2C(=O)N(CCO)Cc1ccccc1. The molecule has 1 saturated carbocycles. The van der Waals surface area contributed by atoms with Gasteiger partial charge in [0.1, 0.15) is 5.82 Å². The van der Waals surface area contributed by atoms with Gasteiger partial charge in [0.2, 0.25) is 5.91 Å². The summed E-state index contributed by atoms with van der Waals surface area (Å²) < 4.78 is 15.2. The van der Waals surface area contributed by atoms with E-state index in [1.807, 2.05) is 41.2 Å². The van der Waals surface area contributed by atoms with Gasteiger partial charge in [-0.3, -0.25) is 4.79 Å². The molecule has 5 rings (SSSR count). The van der Waals surface area contributed by atoms with E-state index in [0.717, 1.165) is 41.8 Å². The Balaban J connectivity index is 1.42. The van der Waals surface area contributed by atoms with Gasteiger partial charge in [0.25, 0.3) is 0 Å². The standard InChI is InChI=1S/C27H28FN3O2/c1-27-16-20-17-29-31(23-10-8-22(28)9-11-23)25(20)15-21(27)7-12-24(27)26(33)30(13-14-32)18-19-5-3-2-4-6-19/h2-6,8-11,15,17,24,32H,7,12-14,16,18H2,1H3/t24-,27+/m1/s1. The van der Waals surface area contributed by atoms with E-state index in [0.29, 0.717) is 13.1 Å². The van der Waals surface area contributed by atoms with Crippen molar-refractivity contribution in [1.82, 2.24) is 14.7 Å². The van der Waals surface area contributed by atoms with Crippen LogP contribution in [-0.2, 0) is 17.8 Å². The van der Waals surface area contributed by atoms with Crippen molar-refractivity contribution in [2.45, 2.75) is 32.7 Å². The monoisotopic (exact) mass is 445 g/mol. The number of nitrogens with zero attached hydrogens (tertiary/aromatic N) is 3. The van der Waals surface area contributed by atoms with Crippen LogP contribution < -0.4 is 0 Å². The number of hydrogen-bond acceptors (Lipinski definition) is 3. The smallest absolute Gasteiger partial charge is 0.226 e. The fourth-order valence-electron chi connectivity index (χ4n) is 5.44. The van der Waals surface area contributed by atoms with Crippen LogP contribution in [0.15, 0.2) is 66.4 Å². The van der Waals surface area contributed by atoms with Crippen LogP contribution in [0.3, 0.4) is 0 Å². The highest BCUT2D eigenvalue weighted by Gasteiger charge is 2.49. The third-order valence-corrected chi connectivity index (χ3v) is 7.23. The van der Waals surface area contributed by atoms with E-state index >= 15 is 0 Å². The van der Waals surface area contributed by atoms with Crippen molar-refractivity contribution in [1.29, 1.82) is 0 Å². The molecule has 0 aliphatic heterocycles. The summed E-state index contributed by atoms with van der Waals surface area (Å²) in [5, 5.41) is 14.2. The second-order valence-electron chi connectivity index (χ2n) is 9.27. The van der Waals surface area contributed by atoms with Gasteiger partial charge in [-0.2, -0.15) is 5.10 Å². The summed E-state index contributed by atoms with van der Waals surface area (Å²) in [4.78, 5) is 15.5. The lowest BCUT2D eigenvalue weighted by molar-refractivity contribution is -0.139. The van der Waals surface area contributed by atoms with E-state index in [1.165, 1.54) is 17.7 Å². The number of allylic oxidation sites excluding steroid dienone is 1. The molecule has 1 heterocycles. The molecule has 5 nitrogen and oxygen atoms in total. The topological polar surface area (TPSA) is 58.4 Å². The van der Waals surface area contributed by atoms with Crippen molar-refractivity contribution in [2.24, 2.45) is 11.3 Å². The van der Waals surface area contributed by atoms with Crippen molar-refractivity contribution >= 4 is 12.0 Å². The Bertz CT molecular complexity index is 1190. The predicted octanol–water partition coefficient (Wildman–Crippen LogP) is 4.39. The summed E-state index contributed by atoms with van der Waals surface area (Å²) in [6.07, 6.45) is 6.44. The molecule has 0 unspecified atom stereocenters. The number of halogens is 1. The highest BCUT2D eigenvalue weighted by molar-refractivity contribution is 5.82. The van der Waals surface area contributed by atoms with Gasteiger partial charge in [0.05, 0.1) is 24.2 Å². The Labute approximate surface area is 193 Å². The van der Waals surface area contributed by atoms with Gasteiger partial charge in [0, 0.05) is 24.4 Å². The molecule has 2 aliphatic carbocycles. The van der Waals surface area contributed by atoms with Crippen LogP contribution in [0, 0.1) is 17.2 Å². The summed E-state index contributed by atoms with van der Waals surface area (Å²) >= 11 is 0. The molecule has 0 spiro atoms. The Morgan fingerprint density at radius 3 is 2.70 bits per heavy atom. The zero-order valence-electron chi connectivity index (χ0n) is 18.7. The molecular weight excluding hydrogens is 417 g/mol. The maximum Gasteiger partial charge on any atom is 0.226 e. The predicted molar refractivity (Wildman–Crippen MR) is 125 cm³/mol. The second-order valence-corrected chi connectivity index (χ2v) is 9.27. The number of amides is 1. The van der Waals surface area contributed by atoms with Crippen molar-refractivity contribution < 1.29 is 14.3 Å². The lowest BCUT2D eigenvalue weighted by Gasteiger charge is -2.37. The molecule has 1 fully saturated rings. The van der Waals surface area contributed by atoms with Gasteiger partial charge in [0.15, 0.2) is 0 Å². The molecular formula is C27H28FN3O2. The minimum Gasteiger partial charge on any atom is -0.395 e. The van der Waals surface area contributed by atoms with Gasteiger partial charge in [-0.1, -0.05) is 42.8 Å². The summed E-state index contributed by atoms with van der Waals surface area (Å²) in [6, 6.07) is 16.3. The minimum atomic E-state index is -0.273. The molecule has 2 atom stereocenters. The first-order valence-corrected chi connectivity index (χ1v) is 11.5. The fourth-order valence-corrected chi connectivity index (χ4v) is 5.44. The van der Waals surface area contributed by atoms with E-state index < -0.39 is 0 Å². The van der Waals surface area contributed by atoms with Gasteiger partial charge in [-0.05, 0) is 60.7 Å². The largest absolute Gasteiger partial charge is 0.395 e. The number of carbonyl (C=O) groups excluding carboxylic acids is 1. The molecule has 0 radical (unpaired) electrons. The summed E-state index contributed by atoms with van der Waals surface area (Å²) in [5.74, 6) is -0.305. The zero-order valence-corrected chi connectivity index (χ0v) is 18.7. The van der Waals surface area contributed by atoms with Gasteiger partial charge >= 0.3 is 0 Å².